The second-order valence-electron chi connectivity index (χ2n) is 4.85. The average molecular weight is 274 g/mol. The smallest absolute Gasteiger partial charge is 0.128 e. The lowest BCUT2D eigenvalue weighted by Crippen LogP contribution is -2.28. The summed E-state index contributed by atoms with van der Waals surface area (Å²) in [7, 11) is 0. The molecule has 1 atom stereocenters. The van der Waals surface area contributed by atoms with Gasteiger partial charge in [-0.25, -0.2) is 8.78 Å². The van der Waals surface area contributed by atoms with Crippen LogP contribution in [0.1, 0.15) is 36.6 Å². The van der Waals surface area contributed by atoms with Gasteiger partial charge in [0, 0.05) is 12.1 Å². The Bertz CT molecular complexity index is 389. The van der Waals surface area contributed by atoms with E-state index in [1.807, 2.05) is 0 Å². The first-order chi connectivity index (χ1) is 8.66. The van der Waals surface area contributed by atoms with Crippen molar-refractivity contribution in [3.05, 3.63) is 35.4 Å². The van der Waals surface area contributed by atoms with Gasteiger partial charge in [0.05, 0.1) is 5.38 Å². The van der Waals surface area contributed by atoms with Gasteiger partial charge in [0.25, 0.3) is 0 Å². The minimum absolute atomic E-state index is 0.265. The summed E-state index contributed by atoms with van der Waals surface area (Å²) in [5.74, 6) is -0.862. The minimum atomic E-state index is -0.487. The molecule has 18 heavy (non-hydrogen) atoms. The summed E-state index contributed by atoms with van der Waals surface area (Å²) in [6.45, 7) is 2.59. The van der Waals surface area contributed by atoms with E-state index in [0.717, 1.165) is 38.1 Å². The van der Waals surface area contributed by atoms with Crippen molar-refractivity contribution in [3.8, 4) is 0 Å². The maximum atomic E-state index is 13.6. The highest BCUT2D eigenvalue weighted by molar-refractivity contribution is 6.21. The Hall–Kier alpha value is -0.670. The Morgan fingerprint density at radius 3 is 2.44 bits per heavy atom. The lowest BCUT2D eigenvalue weighted by molar-refractivity contribution is 0.284. The largest absolute Gasteiger partial charge is 0.302 e. The molecule has 1 saturated heterocycles. The fourth-order valence-electron chi connectivity index (χ4n) is 2.40. The number of hydrogen-bond acceptors (Lipinski definition) is 1. The Balaban J connectivity index is 2.01. The molecule has 0 radical (unpaired) electrons. The molecule has 1 nitrogen and oxygen atoms in total. The Labute approximate surface area is 112 Å². The lowest BCUT2D eigenvalue weighted by atomic mass is 10.1. The van der Waals surface area contributed by atoms with Crippen LogP contribution in [0, 0.1) is 11.6 Å². The van der Waals surface area contributed by atoms with Gasteiger partial charge in [0.1, 0.15) is 11.6 Å². The van der Waals surface area contributed by atoms with Gasteiger partial charge in [-0.15, -0.1) is 11.6 Å². The normalized spacial score (nSPS) is 19.5. The zero-order chi connectivity index (χ0) is 13.0. The third kappa shape index (κ3) is 3.66. The molecule has 0 bridgehead atoms. The van der Waals surface area contributed by atoms with Crippen LogP contribution in [0.3, 0.4) is 0 Å². The van der Waals surface area contributed by atoms with Gasteiger partial charge in [0.15, 0.2) is 0 Å². The molecule has 2 rings (SSSR count). The van der Waals surface area contributed by atoms with Crippen molar-refractivity contribution < 1.29 is 8.78 Å². The molecule has 0 aromatic heterocycles. The molecule has 1 aromatic rings. The van der Waals surface area contributed by atoms with E-state index >= 15 is 0 Å². The molecular weight excluding hydrogens is 256 g/mol. The molecule has 1 unspecified atom stereocenters. The molecule has 1 aliphatic heterocycles. The van der Waals surface area contributed by atoms with E-state index in [0.29, 0.717) is 6.54 Å². The van der Waals surface area contributed by atoms with Crippen molar-refractivity contribution in [2.45, 2.75) is 31.1 Å². The van der Waals surface area contributed by atoms with E-state index in [-0.39, 0.29) is 5.56 Å². The van der Waals surface area contributed by atoms with E-state index in [2.05, 4.69) is 4.90 Å². The van der Waals surface area contributed by atoms with Gasteiger partial charge in [-0.05, 0) is 44.1 Å². The first-order valence-corrected chi connectivity index (χ1v) is 6.92. The topological polar surface area (TPSA) is 3.24 Å². The maximum absolute atomic E-state index is 13.6. The molecule has 1 heterocycles. The first-order valence-electron chi connectivity index (χ1n) is 6.48. The van der Waals surface area contributed by atoms with Gasteiger partial charge in [-0.3, -0.25) is 0 Å². The van der Waals surface area contributed by atoms with Crippen LogP contribution < -0.4 is 0 Å². The number of halogens is 3. The molecule has 1 aliphatic rings. The van der Waals surface area contributed by atoms with Crippen molar-refractivity contribution in [3.63, 3.8) is 0 Å². The standard InChI is InChI=1S/C14H18ClF2N/c15-13(10-18-7-3-1-2-4-8-18)12-9-11(16)5-6-14(12)17/h5-6,9,13H,1-4,7-8,10H2. The van der Waals surface area contributed by atoms with E-state index < -0.39 is 17.0 Å². The summed E-state index contributed by atoms with van der Waals surface area (Å²) in [6, 6.07) is 3.46. The molecule has 100 valence electrons. The minimum Gasteiger partial charge on any atom is -0.302 e. The van der Waals surface area contributed by atoms with E-state index in [4.69, 9.17) is 11.6 Å². The van der Waals surface area contributed by atoms with Crippen molar-refractivity contribution in [2.75, 3.05) is 19.6 Å². The zero-order valence-corrected chi connectivity index (χ0v) is 11.1. The highest BCUT2D eigenvalue weighted by Gasteiger charge is 2.18. The summed E-state index contributed by atoms with van der Waals surface area (Å²) in [5.41, 5.74) is 0.265. The molecule has 1 fully saturated rings. The number of alkyl halides is 1. The van der Waals surface area contributed by atoms with E-state index in [1.54, 1.807) is 0 Å². The lowest BCUT2D eigenvalue weighted by Gasteiger charge is -2.23. The SMILES string of the molecule is Fc1ccc(F)c(C(Cl)CN2CCCCCC2)c1. The first kappa shape index (κ1) is 13.8. The van der Waals surface area contributed by atoms with Crippen LogP contribution in [-0.2, 0) is 0 Å². The second-order valence-corrected chi connectivity index (χ2v) is 5.38. The molecule has 0 spiro atoms. The highest BCUT2D eigenvalue weighted by atomic mass is 35.5. The number of nitrogens with zero attached hydrogens (tertiary/aromatic N) is 1. The summed E-state index contributed by atoms with van der Waals surface area (Å²) < 4.78 is 26.7. The summed E-state index contributed by atoms with van der Waals surface area (Å²) in [4.78, 5) is 2.25. The number of rotatable bonds is 3. The predicted molar refractivity (Wildman–Crippen MR) is 69.9 cm³/mol. The average Bonchev–Trinajstić information content (AvgIpc) is 2.61. The molecule has 0 N–H and O–H groups in total. The zero-order valence-electron chi connectivity index (χ0n) is 10.3. The molecule has 4 heteroatoms. The molecule has 1 aromatic carbocycles. The Morgan fingerprint density at radius 1 is 1.11 bits per heavy atom. The third-order valence-corrected chi connectivity index (χ3v) is 3.79. The molecule has 0 amide bonds. The van der Waals surface area contributed by atoms with Crippen LogP contribution in [0.25, 0.3) is 0 Å². The number of benzene rings is 1. The van der Waals surface area contributed by atoms with Gasteiger partial charge in [0.2, 0.25) is 0 Å². The monoisotopic (exact) mass is 273 g/mol. The van der Waals surface area contributed by atoms with Crippen LogP contribution in [0.5, 0.6) is 0 Å². The number of hydrogen-bond donors (Lipinski definition) is 0. The van der Waals surface area contributed by atoms with Crippen LogP contribution in [0.15, 0.2) is 18.2 Å². The molecular formula is C14H18ClF2N. The van der Waals surface area contributed by atoms with Crippen molar-refractivity contribution in [1.29, 1.82) is 0 Å². The van der Waals surface area contributed by atoms with Gasteiger partial charge in [-0.1, -0.05) is 12.8 Å². The van der Waals surface area contributed by atoms with Gasteiger partial charge >= 0.3 is 0 Å². The second kappa shape index (κ2) is 6.48. The highest BCUT2D eigenvalue weighted by Crippen LogP contribution is 2.26. The maximum Gasteiger partial charge on any atom is 0.128 e. The van der Waals surface area contributed by atoms with E-state index in [9.17, 15) is 8.78 Å². The van der Waals surface area contributed by atoms with Crippen LogP contribution in [0.2, 0.25) is 0 Å². The quantitative estimate of drug-likeness (QED) is 0.749. The predicted octanol–water partition coefficient (Wildman–Crippen LogP) is 4.12. The summed E-state index contributed by atoms with van der Waals surface area (Å²) in [6.07, 6.45) is 4.82. The Morgan fingerprint density at radius 2 is 1.78 bits per heavy atom. The van der Waals surface area contributed by atoms with Crippen molar-refractivity contribution in [2.24, 2.45) is 0 Å². The van der Waals surface area contributed by atoms with Gasteiger partial charge < -0.3 is 4.90 Å². The van der Waals surface area contributed by atoms with Crippen LogP contribution >= 0.6 is 11.6 Å². The fraction of sp³-hybridized carbons (Fsp3) is 0.571. The fourth-order valence-corrected chi connectivity index (χ4v) is 2.76. The van der Waals surface area contributed by atoms with E-state index in [1.165, 1.54) is 18.9 Å². The van der Waals surface area contributed by atoms with Crippen LogP contribution in [0.4, 0.5) is 8.78 Å². The number of likely N-dealkylation sites (tertiary alicyclic amines) is 1. The van der Waals surface area contributed by atoms with Crippen molar-refractivity contribution in [1.82, 2.24) is 4.90 Å². The molecule has 0 saturated carbocycles. The Kier molecular flexibility index (Phi) is 4.95. The van der Waals surface area contributed by atoms with Gasteiger partial charge in [-0.2, -0.15) is 0 Å². The third-order valence-electron chi connectivity index (χ3n) is 3.41. The van der Waals surface area contributed by atoms with Crippen molar-refractivity contribution >= 4 is 11.6 Å². The summed E-state index contributed by atoms with van der Waals surface area (Å²) >= 11 is 6.22. The summed E-state index contributed by atoms with van der Waals surface area (Å²) in [5, 5.41) is -0.487. The molecule has 0 aliphatic carbocycles. The van der Waals surface area contributed by atoms with Crippen LogP contribution in [-0.4, -0.2) is 24.5 Å².